The Morgan fingerprint density at radius 1 is 1.65 bits per heavy atom. The van der Waals surface area contributed by atoms with E-state index in [-0.39, 0.29) is 17.0 Å². The molecule has 1 aromatic heterocycles. The van der Waals surface area contributed by atoms with Gasteiger partial charge in [-0.3, -0.25) is 0 Å². The van der Waals surface area contributed by atoms with Gasteiger partial charge in [0, 0.05) is 19.1 Å². The van der Waals surface area contributed by atoms with Crippen LogP contribution in [0.25, 0.3) is 0 Å². The molecule has 0 aliphatic carbocycles. The summed E-state index contributed by atoms with van der Waals surface area (Å²) in [6.45, 7) is 3.02. The van der Waals surface area contributed by atoms with Gasteiger partial charge in [0.05, 0.1) is 12.5 Å². The Morgan fingerprint density at radius 3 is 3.00 bits per heavy atom. The molecule has 2 unspecified atom stereocenters. The van der Waals surface area contributed by atoms with Crippen molar-refractivity contribution in [3.63, 3.8) is 0 Å². The van der Waals surface area contributed by atoms with Gasteiger partial charge in [-0.2, -0.15) is 4.31 Å². The predicted octanol–water partition coefficient (Wildman–Crippen LogP) is 0.158. The minimum atomic E-state index is -3.43. The number of rotatable bonds is 3. The Labute approximate surface area is 101 Å². The molecular weight excluding hydrogens is 240 g/mol. The minimum Gasteiger partial charge on any atom is -0.335 e. The molecule has 7 heteroatoms. The average molecular weight is 258 g/mol. The Bertz CT molecular complexity index is 457. The fourth-order valence-electron chi connectivity index (χ4n) is 2.19. The van der Waals surface area contributed by atoms with Crippen LogP contribution in [-0.4, -0.2) is 41.8 Å². The van der Waals surface area contributed by atoms with Crippen LogP contribution in [-0.2, 0) is 10.0 Å². The largest absolute Gasteiger partial charge is 0.335 e. The summed E-state index contributed by atoms with van der Waals surface area (Å²) in [5.74, 6) is 0.237. The Hall–Kier alpha value is -0.920. The lowest BCUT2D eigenvalue weighted by atomic mass is 9.92. The number of aromatic nitrogens is 2. The van der Waals surface area contributed by atoms with Crippen molar-refractivity contribution in [2.45, 2.75) is 30.8 Å². The highest BCUT2D eigenvalue weighted by Crippen LogP contribution is 2.23. The first-order valence-electron chi connectivity index (χ1n) is 5.79. The number of nitrogens with one attached hydrogen (secondary N) is 1. The molecular formula is C10H18N4O2S. The molecule has 2 heterocycles. The normalized spacial score (nSPS) is 27.2. The van der Waals surface area contributed by atoms with Gasteiger partial charge in [-0.25, -0.2) is 13.4 Å². The molecule has 2 atom stereocenters. The Kier molecular flexibility index (Phi) is 3.50. The first-order chi connectivity index (χ1) is 8.05. The molecule has 0 amide bonds. The zero-order valence-corrected chi connectivity index (χ0v) is 10.7. The molecule has 1 aliphatic heterocycles. The van der Waals surface area contributed by atoms with Crippen LogP contribution in [0.4, 0.5) is 0 Å². The molecule has 0 saturated carbocycles. The summed E-state index contributed by atoms with van der Waals surface area (Å²) in [6, 6.07) is 0.105. The van der Waals surface area contributed by atoms with E-state index in [4.69, 9.17) is 5.73 Å². The lowest BCUT2D eigenvalue weighted by molar-refractivity contribution is 0.230. The average Bonchev–Trinajstić information content (AvgIpc) is 2.83. The van der Waals surface area contributed by atoms with Gasteiger partial charge in [0.2, 0.25) is 0 Å². The van der Waals surface area contributed by atoms with Gasteiger partial charge in [0.15, 0.2) is 5.03 Å². The number of H-pyrrole nitrogens is 1. The smallest absolute Gasteiger partial charge is 0.260 e. The van der Waals surface area contributed by atoms with E-state index in [0.717, 1.165) is 6.42 Å². The molecule has 0 radical (unpaired) electrons. The summed E-state index contributed by atoms with van der Waals surface area (Å²) in [4.78, 5) is 6.40. The summed E-state index contributed by atoms with van der Waals surface area (Å²) in [5, 5.41) is 0.155. The van der Waals surface area contributed by atoms with Gasteiger partial charge >= 0.3 is 0 Å². The second-order valence-electron chi connectivity index (χ2n) is 4.40. The maximum atomic E-state index is 12.2. The first-order valence-corrected chi connectivity index (χ1v) is 7.23. The number of piperidine rings is 1. The molecule has 2 rings (SSSR count). The highest BCUT2D eigenvalue weighted by molar-refractivity contribution is 7.89. The number of aromatic amines is 1. The van der Waals surface area contributed by atoms with Crippen LogP contribution in [0, 0.1) is 5.92 Å². The fourth-order valence-corrected chi connectivity index (χ4v) is 3.60. The molecule has 17 heavy (non-hydrogen) atoms. The topological polar surface area (TPSA) is 92.1 Å². The minimum absolute atomic E-state index is 0.105. The standard InChI is InChI=1S/C10H18N4O2S/c1-2-8-6-14(4-3-9(8)11)17(15,16)10-5-12-7-13-10/h5,7-9H,2-4,6,11H2,1H3,(H,12,13). The third-order valence-electron chi connectivity index (χ3n) is 3.37. The van der Waals surface area contributed by atoms with E-state index >= 15 is 0 Å². The molecule has 96 valence electrons. The molecule has 1 aliphatic rings. The van der Waals surface area contributed by atoms with Gasteiger partial charge in [-0.1, -0.05) is 13.3 Å². The zero-order chi connectivity index (χ0) is 12.5. The van der Waals surface area contributed by atoms with Crippen molar-refractivity contribution in [1.29, 1.82) is 0 Å². The summed E-state index contributed by atoms with van der Waals surface area (Å²) < 4.78 is 26.0. The van der Waals surface area contributed by atoms with Crippen LogP contribution in [0.1, 0.15) is 19.8 Å². The molecule has 6 nitrogen and oxygen atoms in total. The van der Waals surface area contributed by atoms with Gasteiger partial charge in [-0.05, 0) is 12.3 Å². The maximum absolute atomic E-state index is 12.2. The molecule has 1 aromatic rings. The first kappa shape index (κ1) is 12.5. The van der Waals surface area contributed by atoms with Crippen LogP contribution in [0.2, 0.25) is 0 Å². The van der Waals surface area contributed by atoms with Crippen molar-refractivity contribution in [2.75, 3.05) is 13.1 Å². The molecule has 0 aromatic carbocycles. The third kappa shape index (κ3) is 2.36. The number of hydrogen-bond donors (Lipinski definition) is 2. The van der Waals surface area contributed by atoms with Crippen LogP contribution in [0.3, 0.4) is 0 Å². The van der Waals surface area contributed by atoms with E-state index in [2.05, 4.69) is 9.97 Å². The molecule has 0 spiro atoms. The predicted molar refractivity (Wildman–Crippen MR) is 63.7 cm³/mol. The number of hydrogen-bond acceptors (Lipinski definition) is 4. The summed E-state index contributed by atoms with van der Waals surface area (Å²) >= 11 is 0. The Morgan fingerprint density at radius 2 is 2.41 bits per heavy atom. The Balaban J connectivity index is 2.19. The van der Waals surface area contributed by atoms with Crippen molar-refractivity contribution in [1.82, 2.24) is 14.3 Å². The maximum Gasteiger partial charge on any atom is 0.260 e. The lowest BCUT2D eigenvalue weighted by Crippen LogP contribution is -2.48. The highest BCUT2D eigenvalue weighted by Gasteiger charge is 2.33. The second kappa shape index (κ2) is 4.75. The monoisotopic (exact) mass is 258 g/mol. The van der Waals surface area contributed by atoms with Gasteiger partial charge in [-0.15, -0.1) is 0 Å². The van der Waals surface area contributed by atoms with E-state index < -0.39 is 10.0 Å². The van der Waals surface area contributed by atoms with E-state index in [9.17, 15) is 8.42 Å². The number of nitrogens with zero attached hydrogens (tertiary/aromatic N) is 2. The van der Waals surface area contributed by atoms with Crippen molar-refractivity contribution < 1.29 is 8.42 Å². The lowest BCUT2D eigenvalue weighted by Gasteiger charge is -2.35. The SMILES string of the molecule is CCC1CN(S(=O)(=O)c2cnc[nH]2)CCC1N. The van der Waals surface area contributed by atoms with Gasteiger partial charge in [0.25, 0.3) is 10.0 Å². The van der Waals surface area contributed by atoms with Gasteiger partial charge in [0.1, 0.15) is 0 Å². The highest BCUT2D eigenvalue weighted by atomic mass is 32.2. The molecule has 0 bridgehead atoms. The van der Waals surface area contributed by atoms with Crippen LogP contribution >= 0.6 is 0 Å². The number of sulfonamides is 1. The number of imidazole rings is 1. The van der Waals surface area contributed by atoms with E-state index in [0.29, 0.717) is 19.5 Å². The van der Waals surface area contributed by atoms with Crippen LogP contribution in [0.5, 0.6) is 0 Å². The third-order valence-corrected chi connectivity index (χ3v) is 5.16. The second-order valence-corrected chi connectivity index (χ2v) is 6.31. The van der Waals surface area contributed by atoms with Crippen molar-refractivity contribution in [2.24, 2.45) is 11.7 Å². The van der Waals surface area contributed by atoms with Crippen molar-refractivity contribution in [3.8, 4) is 0 Å². The van der Waals surface area contributed by atoms with E-state index in [1.165, 1.54) is 16.8 Å². The van der Waals surface area contributed by atoms with Crippen LogP contribution < -0.4 is 5.73 Å². The van der Waals surface area contributed by atoms with Crippen LogP contribution in [0.15, 0.2) is 17.6 Å². The molecule has 1 saturated heterocycles. The summed E-state index contributed by atoms with van der Waals surface area (Å²) in [5.41, 5.74) is 5.97. The zero-order valence-electron chi connectivity index (χ0n) is 9.83. The van der Waals surface area contributed by atoms with Gasteiger partial charge < -0.3 is 10.7 Å². The quantitative estimate of drug-likeness (QED) is 0.807. The summed E-state index contributed by atoms with van der Waals surface area (Å²) in [6.07, 6.45) is 4.33. The van der Waals surface area contributed by atoms with Crippen molar-refractivity contribution in [3.05, 3.63) is 12.5 Å². The molecule has 1 fully saturated rings. The summed E-state index contributed by atoms with van der Waals surface area (Å²) in [7, 11) is -3.43. The fraction of sp³-hybridized carbons (Fsp3) is 0.700. The van der Waals surface area contributed by atoms with Crippen molar-refractivity contribution >= 4 is 10.0 Å². The van der Waals surface area contributed by atoms with E-state index in [1.807, 2.05) is 6.92 Å². The number of nitrogens with two attached hydrogens (primary N) is 1. The van der Waals surface area contributed by atoms with E-state index in [1.54, 1.807) is 0 Å². The molecule has 3 N–H and O–H groups in total.